The van der Waals surface area contributed by atoms with Gasteiger partial charge in [0.15, 0.2) is 5.69 Å². The van der Waals surface area contributed by atoms with E-state index < -0.39 is 5.97 Å². The Kier molecular flexibility index (Phi) is 3.70. The molecule has 1 fully saturated rings. The zero-order chi connectivity index (χ0) is 11.5. The summed E-state index contributed by atoms with van der Waals surface area (Å²) in [6, 6.07) is 1.51. The van der Waals surface area contributed by atoms with E-state index in [1.54, 1.807) is 18.7 Å². The molecule has 1 aliphatic rings. The van der Waals surface area contributed by atoms with Gasteiger partial charge in [0, 0.05) is 23.0 Å². The minimum atomic E-state index is -0.986. The van der Waals surface area contributed by atoms with Crippen LogP contribution in [-0.2, 0) is 0 Å². The van der Waals surface area contributed by atoms with Crippen LogP contribution < -0.4 is 0 Å². The number of thioether (sulfide) groups is 2. The molecule has 1 aromatic rings. The Bertz CT molecular complexity index is 406. The SMILES string of the molecule is Cc1cc(C(=O)O)nc(C2CSCCS2)n1. The molecule has 1 saturated heterocycles. The summed E-state index contributed by atoms with van der Waals surface area (Å²) in [6.45, 7) is 1.80. The van der Waals surface area contributed by atoms with Crippen molar-refractivity contribution >= 4 is 29.5 Å². The fourth-order valence-electron chi connectivity index (χ4n) is 1.48. The second-order valence-corrected chi connectivity index (χ2v) is 5.95. The van der Waals surface area contributed by atoms with Crippen molar-refractivity contribution in [3.63, 3.8) is 0 Å². The largest absolute Gasteiger partial charge is 0.477 e. The summed E-state index contributed by atoms with van der Waals surface area (Å²) < 4.78 is 0. The lowest BCUT2D eigenvalue weighted by atomic mass is 10.3. The third kappa shape index (κ3) is 2.68. The summed E-state index contributed by atoms with van der Waals surface area (Å²) in [4.78, 5) is 19.3. The van der Waals surface area contributed by atoms with E-state index in [2.05, 4.69) is 9.97 Å². The van der Waals surface area contributed by atoms with Crippen LogP contribution in [0.4, 0.5) is 0 Å². The molecule has 4 nitrogen and oxygen atoms in total. The van der Waals surface area contributed by atoms with E-state index >= 15 is 0 Å². The molecule has 0 aliphatic carbocycles. The number of rotatable bonds is 2. The monoisotopic (exact) mass is 256 g/mol. The third-order valence-corrected chi connectivity index (χ3v) is 4.95. The van der Waals surface area contributed by atoms with Crippen LogP contribution >= 0.6 is 23.5 Å². The molecule has 1 aliphatic heterocycles. The fraction of sp³-hybridized carbons (Fsp3) is 0.500. The standard InChI is InChI=1S/C10H12N2O2S2/c1-6-4-7(10(13)14)12-9(11-6)8-5-15-2-3-16-8/h4,8H,2-3,5H2,1H3,(H,13,14). The van der Waals surface area contributed by atoms with Crippen LogP contribution in [0.25, 0.3) is 0 Å². The van der Waals surface area contributed by atoms with E-state index in [0.29, 0.717) is 5.82 Å². The second-order valence-electron chi connectivity index (χ2n) is 3.49. The topological polar surface area (TPSA) is 63.1 Å². The van der Waals surface area contributed by atoms with E-state index in [-0.39, 0.29) is 10.9 Å². The highest BCUT2D eigenvalue weighted by atomic mass is 32.2. The van der Waals surface area contributed by atoms with Crippen LogP contribution in [0.1, 0.15) is 27.3 Å². The van der Waals surface area contributed by atoms with Crippen molar-refractivity contribution in [1.82, 2.24) is 9.97 Å². The van der Waals surface area contributed by atoms with Gasteiger partial charge in [-0.2, -0.15) is 11.8 Å². The Morgan fingerprint density at radius 3 is 2.94 bits per heavy atom. The Hall–Kier alpha value is -0.750. The van der Waals surface area contributed by atoms with Gasteiger partial charge < -0.3 is 5.11 Å². The summed E-state index contributed by atoms with van der Waals surface area (Å²) in [6.07, 6.45) is 0. The first kappa shape index (κ1) is 11.7. The number of carbonyl (C=O) groups is 1. The average Bonchev–Trinajstić information content (AvgIpc) is 2.29. The molecule has 2 rings (SSSR count). The molecule has 0 spiro atoms. The van der Waals surface area contributed by atoms with Crippen molar-refractivity contribution in [2.45, 2.75) is 12.2 Å². The molecule has 1 aromatic heterocycles. The highest BCUT2D eigenvalue weighted by Crippen LogP contribution is 2.34. The van der Waals surface area contributed by atoms with Gasteiger partial charge >= 0.3 is 5.97 Å². The summed E-state index contributed by atoms with van der Waals surface area (Å²) in [5.41, 5.74) is 0.817. The number of aromatic nitrogens is 2. The van der Waals surface area contributed by atoms with Gasteiger partial charge in [-0.05, 0) is 13.0 Å². The Morgan fingerprint density at radius 2 is 2.31 bits per heavy atom. The van der Waals surface area contributed by atoms with Gasteiger partial charge in [-0.1, -0.05) is 0 Å². The predicted octanol–water partition coefficient (Wildman–Crippen LogP) is 2.00. The first-order chi connectivity index (χ1) is 7.66. The van der Waals surface area contributed by atoms with Crippen LogP contribution in [-0.4, -0.2) is 38.3 Å². The van der Waals surface area contributed by atoms with Gasteiger partial charge in [-0.15, -0.1) is 11.8 Å². The van der Waals surface area contributed by atoms with Crippen molar-refractivity contribution in [3.8, 4) is 0 Å². The smallest absolute Gasteiger partial charge is 0.354 e. The van der Waals surface area contributed by atoms with Crippen molar-refractivity contribution in [2.24, 2.45) is 0 Å². The maximum absolute atomic E-state index is 10.9. The van der Waals surface area contributed by atoms with Gasteiger partial charge in [0.2, 0.25) is 0 Å². The lowest BCUT2D eigenvalue weighted by Crippen LogP contribution is -2.13. The van der Waals surface area contributed by atoms with Crippen LogP contribution in [0.5, 0.6) is 0 Å². The molecule has 2 heterocycles. The summed E-state index contributed by atoms with van der Waals surface area (Å²) >= 11 is 3.68. The van der Waals surface area contributed by atoms with Crippen LogP contribution in [0, 0.1) is 6.92 Å². The molecule has 6 heteroatoms. The van der Waals surface area contributed by atoms with E-state index in [4.69, 9.17) is 5.11 Å². The quantitative estimate of drug-likeness (QED) is 0.873. The Morgan fingerprint density at radius 1 is 1.50 bits per heavy atom. The number of aryl methyl sites for hydroxylation is 1. The van der Waals surface area contributed by atoms with Crippen LogP contribution in [0.3, 0.4) is 0 Å². The zero-order valence-corrected chi connectivity index (χ0v) is 10.5. The molecule has 0 amide bonds. The number of carboxylic acid groups (broad SMARTS) is 1. The van der Waals surface area contributed by atoms with Crippen molar-refractivity contribution in [2.75, 3.05) is 17.3 Å². The molecule has 1 unspecified atom stereocenters. The van der Waals surface area contributed by atoms with E-state index in [9.17, 15) is 4.79 Å². The number of hydrogen-bond acceptors (Lipinski definition) is 5. The van der Waals surface area contributed by atoms with Crippen molar-refractivity contribution in [1.29, 1.82) is 0 Å². The molecule has 1 N–H and O–H groups in total. The average molecular weight is 256 g/mol. The Labute approximate surface area is 102 Å². The summed E-state index contributed by atoms with van der Waals surface area (Å²) in [5.74, 6) is 2.87. The lowest BCUT2D eigenvalue weighted by Gasteiger charge is -2.19. The molecule has 0 saturated carbocycles. The minimum Gasteiger partial charge on any atom is -0.477 e. The highest BCUT2D eigenvalue weighted by molar-refractivity contribution is 8.06. The first-order valence-corrected chi connectivity index (χ1v) is 7.15. The predicted molar refractivity (Wildman–Crippen MR) is 66.3 cm³/mol. The van der Waals surface area contributed by atoms with Crippen molar-refractivity contribution in [3.05, 3.63) is 23.3 Å². The third-order valence-electron chi connectivity index (χ3n) is 2.19. The minimum absolute atomic E-state index is 0.0960. The molecule has 1 atom stereocenters. The van der Waals surface area contributed by atoms with Gasteiger partial charge in [-0.3, -0.25) is 0 Å². The first-order valence-electron chi connectivity index (χ1n) is 4.95. The highest BCUT2D eigenvalue weighted by Gasteiger charge is 2.21. The molecule has 0 aromatic carbocycles. The van der Waals surface area contributed by atoms with Gasteiger partial charge in [0.05, 0.1) is 5.25 Å². The number of hydrogen-bond donors (Lipinski definition) is 1. The van der Waals surface area contributed by atoms with Gasteiger partial charge in [0.25, 0.3) is 0 Å². The zero-order valence-electron chi connectivity index (χ0n) is 8.84. The van der Waals surface area contributed by atoms with Gasteiger partial charge in [0.1, 0.15) is 5.82 Å². The molecule has 0 radical (unpaired) electrons. The molecular weight excluding hydrogens is 244 g/mol. The Balaban J connectivity index is 2.28. The summed E-state index contributed by atoms with van der Waals surface area (Å²) in [7, 11) is 0. The second kappa shape index (κ2) is 5.05. The molecule has 16 heavy (non-hydrogen) atoms. The molecule has 0 bridgehead atoms. The maximum Gasteiger partial charge on any atom is 0.354 e. The van der Waals surface area contributed by atoms with Gasteiger partial charge in [-0.25, -0.2) is 14.8 Å². The molecular formula is C10H12N2O2S2. The van der Waals surface area contributed by atoms with Crippen LogP contribution in [0.15, 0.2) is 6.07 Å². The fourth-order valence-corrected chi connectivity index (χ4v) is 4.08. The number of nitrogens with zero attached hydrogens (tertiary/aromatic N) is 2. The number of carboxylic acids is 1. The molecule has 86 valence electrons. The maximum atomic E-state index is 10.9. The van der Waals surface area contributed by atoms with Crippen LogP contribution in [0.2, 0.25) is 0 Å². The van der Waals surface area contributed by atoms with E-state index in [1.807, 2.05) is 11.8 Å². The normalized spacial score (nSPS) is 20.7. The lowest BCUT2D eigenvalue weighted by molar-refractivity contribution is 0.0689. The van der Waals surface area contributed by atoms with Crippen molar-refractivity contribution < 1.29 is 9.90 Å². The summed E-state index contributed by atoms with van der Waals surface area (Å²) in [5, 5.41) is 9.16. The van der Waals surface area contributed by atoms with E-state index in [1.165, 1.54) is 6.07 Å². The van der Waals surface area contributed by atoms with E-state index in [0.717, 1.165) is 23.0 Å². The number of aromatic carboxylic acids is 1.